The molecular formula is C19H30N2O3. The molecule has 0 aliphatic carbocycles. The van der Waals surface area contributed by atoms with Gasteiger partial charge in [-0.1, -0.05) is 38.7 Å². The number of amides is 2. The van der Waals surface area contributed by atoms with Gasteiger partial charge in [-0.05, 0) is 31.0 Å². The number of hydrogen-bond donors (Lipinski definition) is 2. The molecule has 0 fully saturated rings. The monoisotopic (exact) mass is 334 g/mol. The van der Waals surface area contributed by atoms with E-state index in [1.165, 1.54) is 19.3 Å². The second-order valence-electron chi connectivity index (χ2n) is 5.90. The maximum absolute atomic E-state index is 12.1. The highest BCUT2D eigenvalue weighted by Crippen LogP contribution is 2.12. The Morgan fingerprint density at radius 2 is 1.88 bits per heavy atom. The minimum Gasteiger partial charge on any atom is -0.385 e. The molecule has 0 unspecified atom stereocenters. The minimum absolute atomic E-state index is 0.00384. The van der Waals surface area contributed by atoms with E-state index in [0.717, 1.165) is 19.3 Å². The van der Waals surface area contributed by atoms with Crippen LogP contribution in [0.25, 0.3) is 0 Å². The van der Waals surface area contributed by atoms with Gasteiger partial charge in [-0.3, -0.25) is 9.59 Å². The minimum atomic E-state index is -0.137. The van der Waals surface area contributed by atoms with Crippen LogP contribution in [0.5, 0.6) is 0 Å². The molecule has 0 aliphatic rings. The number of ether oxygens (including phenoxy) is 1. The van der Waals surface area contributed by atoms with Crippen molar-refractivity contribution in [2.45, 2.75) is 51.9 Å². The molecule has 0 saturated heterocycles. The van der Waals surface area contributed by atoms with Crippen LogP contribution < -0.4 is 10.6 Å². The maximum atomic E-state index is 12.1. The van der Waals surface area contributed by atoms with Crippen molar-refractivity contribution in [3.05, 3.63) is 29.8 Å². The molecule has 134 valence electrons. The lowest BCUT2D eigenvalue weighted by Crippen LogP contribution is -2.25. The molecule has 0 spiro atoms. The Balaban J connectivity index is 2.38. The smallest absolute Gasteiger partial charge is 0.251 e. The van der Waals surface area contributed by atoms with Crippen LogP contribution in [0.4, 0.5) is 5.69 Å². The van der Waals surface area contributed by atoms with Crippen molar-refractivity contribution < 1.29 is 14.3 Å². The fourth-order valence-electron chi connectivity index (χ4n) is 2.37. The molecular weight excluding hydrogens is 304 g/mol. The van der Waals surface area contributed by atoms with E-state index in [1.807, 2.05) is 0 Å². The zero-order valence-corrected chi connectivity index (χ0v) is 14.9. The van der Waals surface area contributed by atoms with E-state index in [-0.39, 0.29) is 11.8 Å². The van der Waals surface area contributed by atoms with Gasteiger partial charge < -0.3 is 15.4 Å². The Hall–Kier alpha value is -1.88. The number of carbonyl (C=O) groups excluding carboxylic acids is 2. The van der Waals surface area contributed by atoms with Crippen LogP contribution in [0.2, 0.25) is 0 Å². The van der Waals surface area contributed by atoms with Crippen molar-refractivity contribution in [1.29, 1.82) is 0 Å². The summed E-state index contributed by atoms with van der Waals surface area (Å²) in [6, 6.07) is 7.03. The van der Waals surface area contributed by atoms with Gasteiger partial charge in [-0.15, -0.1) is 0 Å². The molecule has 1 aromatic carbocycles. The normalized spacial score (nSPS) is 10.4. The Bertz CT molecular complexity index is 503. The van der Waals surface area contributed by atoms with Gasteiger partial charge in [0.1, 0.15) is 0 Å². The second-order valence-corrected chi connectivity index (χ2v) is 5.90. The number of anilines is 1. The van der Waals surface area contributed by atoms with E-state index in [0.29, 0.717) is 30.8 Å². The number of hydrogen-bond acceptors (Lipinski definition) is 3. The molecule has 5 heteroatoms. The fourth-order valence-corrected chi connectivity index (χ4v) is 2.37. The predicted octanol–water partition coefficient (Wildman–Crippen LogP) is 3.75. The Labute approximate surface area is 145 Å². The van der Waals surface area contributed by atoms with Crippen molar-refractivity contribution in [2.24, 2.45) is 0 Å². The lowest BCUT2D eigenvalue weighted by molar-refractivity contribution is -0.116. The largest absolute Gasteiger partial charge is 0.385 e. The first-order chi connectivity index (χ1) is 11.7. The highest BCUT2D eigenvalue weighted by Gasteiger charge is 2.07. The molecule has 0 aliphatic heterocycles. The molecule has 5 nitrogen and oxygen atoms in total. The van der Waals surface area contributed by atoms with Gasteiger partial charge in [-0.25, -0.2) is 0 Å². The number of nitrogens with one attached hydrogen (secondary N) is 2. The molecule has 24 heavy (non-hydrogen) atoms. The first-order valence-electron chi connectivity index (χ1n) is 8.84. The van der Waals surface area contributed by atoms with Crippen LogP contribution >= 0.6 is 0 Å². The first-order valence-corrected chi connectivity index (χ1v) is 8.84. The van der Waals surface area contributed by atoms with Crippen LogP contribution in [0.15, 0.2) is 24.3 Å². The van der Waals surface area contributed by atoms with Gasteiger partial charge in [0, 0.05) is 37.9 Å². The summed E-state index contributed by atoms with van der Waals surface area (Å²) >= 11 is 0. The second kappa shape index (κ2) is 12.5. The van der Waals surface area contributed by atoms with Crippen molar-refractivity contribution >= 4 is 17.5 Å². The molecule has 2 N–H and O–H groups in total. The van der Waals surface area contributed by atoms with E-state index in [9.17, 15) is 9.59 Å². The first kappa shape index (κ1) is 20.2. The zero-order valence-electron chi connectivity index (χ0n) is 14.9. The van der Waals surface area contributed by atoms with Crippen LogP contribution in [-0.2, 0) is 9.53 Å². The quantitative estimate of drug-likeness (QED) is 0.572. The molecule has 0 saturated carbocycles. The topological polar surface area (TPSA) is 67.4 Å². The summed E-state index contributed by atoms with van der Waals surface area (Å²) in [7, 11) is 1.64. The fraction of sp³-hybridized carbons (Fsp3) is 0.579. The molecule has 0 bridgehead atoms. The summed E-state index contributed by atoms with van der Waals surface area (Å²) in [5, 5.41) is 5.70. The van der Waals surface area contributed by atoms with Gasteiger partial charge >= 0.3 is 0 Å². The van der Waals surface area contributed by atoms with Gasteiger partial charge in [0.2, 0.25) is 5.91 Å². The van der Waals surface area contributed by atoms with Crippen molar-refractivity contribution in [1.82, 2.24) is 5.32 Å². The maximum Gasteiger partial charge on any atom is 0.251 e. The third-order valence-electron chi connectivity index (χ3n) is 3.73. The van der Waals surface area contributed by atoms with E-state index >= 15 is 0 Å². The summed E-state index contributed by atoms with van der Waals surface area (Å²) < 4.78 is 4.95. The van der Waals surface area contributed by atoms with Gasteiger partial charge in [-0.2, -0.15) is 0 Å². The highest BCUT2D eigenvalue weighted by molar-refractivity contribution is 5.97. The van der Waals surface area contributed by atoms with Gasteiger partial charge in [0.15, 0.2) is 0 Å². The average molecular weight is 334 g/mol. The molecule has 0 radical (unpaired) electrons. The lowest BCUT2D eigenvalue weighted by atomic mass is 10.1. The number of rotatable bonds is 12. The van der Waals surface area contributed by atoms with Crippen LogP contribution in [0.3, 0.4) is 0 Å². The number of carbonyl (C=O) groups is 2. The number of methoxy groups -OCH3 is 1. The number of benzene rings is 1. The van der Waals surface area contributed by atoms with Crippen molar-refractivity contribution in [3.8, 4) is 0 Å². The standard InChI is InChI=1S/C19H30N2O3/c1-3-4-5-6-7-12-18(22)21-17-11-8-10-16(15-17)19(23)20-13-9-14-24-2/h8,10-11,15H,3-7,9,12-14H2,1-2H3,(H,20,23)(H,21,22). The molecule has 0 atom stereocenters. The average Bonchev–Trinajstić information content (AvgIpc) is 2.58. The third-order valence-corrected chi connectivity index (χ3v) is 3.73. The SMILES string of the molecule is CCCCCCCC(=O)Nc1cccc(C(=O)NCCCOC)c1. The Morgan fingerprint density at radius 3 is 2.62 bits per heavy atom. The predicted molar refractivity (Wildman–Crippen MR) is 97.3 cm³/mol. The summed E-state index contributed by atoms with van der Waals surface area (Å²) in [4.78, 5) is 24.0. The molecule has 2 amide bonds. The molecule has 0 heterocycles. The zero-order chi connectivity index (χ0) is 17.6. The van der Waals surface area contributed by atoms with E-state index in [1.54, 1.807) is 31.4 Å². The number of unbranched alkanes of at least 4 members (excludes halogenated alkanes) is 4. The van der Waals surface area contributed by atoms with Crippen LogP contribution in [-0.4, -0.2) is 32.1 Å². The summed E-state index contributed by atoms with van der Waals surface area (Å²) in [6.45, 7) is 3.36. The summed E-state index contributed by atoms with van der Waals surface area (Å²) in [5.74, 6) is -0.133. The van der Waals surface area contributed by atoms with Crippen LogP contribution in [0.1, 0.15) is 62.2 Å². The van der Waals surface area contributed by atoms with E-state index in [4.69, 9.17) is 4.74 Å². The molecule has 0 aromatic heterocycles. The highest BCUT2D eigenvalue weighted by atomic mass is 16.5. The molecule has 1 aromatic rings. The third kappa shape index (κ3) is 8.67. The van der Waals surface area contributed by atoms with Gasteiger partial charge in [0.05, 0.1) is 0 Å². The van der Waals surface area contributed by atoms with E-state index < -0.39 is 0 Å². The Morgan fingerprint density at radius 1 is 1.08 bits per heavy atom. The Kier molecular flexibility index (Phi) is 10.5. The van der Waals surface area contributed by atoms with Crippen molar-refractivity contribution in [3.63, 3.8) is 0 Å². The summed E-state index contributed by atoms with van der Waals surface area (Å²) in [5.41, 5.74) is 1.21. The van der Waals surface area contributed by atoms with Gasteiger partial charge in [0.25, 0.3) is 5.91 Å². The lowest BCUT2D eigenvalue weighted by Gasteiger charge is -2.08. The van der Waals surface area contributed by atoms with Crippen LogP contribution in [0, 0.1) is 0 Å². The van der Waals surface area contributed by atoms with Crippen molar-refractivity contribution in [2.75, 3.05) is 25.6 Å². The van der Waals surface area contributed by atoms with E-state index in [2.05, 4.69) is 17.6 Å². The molecule has 1 rings (SSSR count). The summed E-state index contributed by atoms with van der Waals surface area (Å²) in [6.07, 6.45) is 6.91.